The van der Waals surface area contributed by atoms with Gasteiger partial charge in [0, 0.05) is 17.0 Å². The minimum absolute atomic E-state index is 0.167. The van der Waals surface area contributed by atoms with E-state index in [4.69, 9.17) is 16.4 Å². The number of hydrogen-bond donors (Lipinski definition) is 0. The second-order valence-electron chi connectivity index (χ2n) is 8.30. The lowest BCUT2D eigenvalue weighted by Gasteiger charge is -2.44. The number of alkyl halides is 7. The lowest BCUT2D eigenvalue weighted by Crippen LogP contribution is -2.58. The molecule has 0 radical (unpaired) electrons. The maximum atomic E-state index is 15.0. The molecule has 0 bridgehead atoms. The molecule has 4 nitrogen and oxygen atoms in total. The summed E-state index contributed by atoms with van der Waals surface area (Å²) in [6, 6.07) is 6.98. The van der Waals surface area contributed by atoms with Crippen LogP contribution in [0.1, 0.15) is 28.7 Å². The first-order chi connectivity index (χ1) is 16.2. The Morgan fingerprint density at radius 2 is 1.69 bits per heavy atom. The normalized spacial score (nSPS) is 21.7. The number of rotatable bonds is 4. The highest BCUT2D eigenvalue weighted by Crippen LogP contribution is 2.50. The summed E-state index contributed by atoms with van der Waals surface area (Å²) in [7, 11) is 0. The molecule has 12 heteroatoms. The van der Waals surface area contributed by atoms with Gasteiger partial charge in [-0.3, -0.25) is 4.79 Å². The highest BCUT2D eigenvalue weighted by Gasteiger charge is 2.62. The van der Waals surface area contributed by atoms with Crippen molar-refractivity contribution < 1.29 is 40.4 Å². The van der Waals surface area contributed by atoms with Gasteiger partial charge in [-0.2, -0.15) is 26.3 Å². The Bertz CT molecular complexity index is 1200. The van der Waals surface area contributed by atoms with Crippen LogP contribution in [0.4, 0.5) is 30.7 Å². The molecule has 2 heterocycles. The molecular weight excluding hydrogens is 505 g/mol. The number of halogens is 8. The Labute approximate surface area is 199 Å². The summed E-state index contributed by atoms with van der Waals surface area (Å²) in [5, 5.41) is 2.97. The summed E-state index contributed by atoms with van der Waals surface area (Å²) < 4.78 is 97.0. The van der Waals surface area contributed by atoms with Crippen LogP contribution < -0.4 is 0 Å². The van der Waals surface area contributed by atoms with Gasteiger partial charge in [-0.05, 0) is 35.4 Å². The minimum atomic E-state index is -5.14. The third-order valence-corrected chi connectivity index (χ3v) is 6.20. The minimum Gasteiger partial charge on any atom is -0.374 e. The van der Waals surface area contributed by atoms with E-state index in [0.29, 0.717) is 12.1 Å². The number of hydrogen-bond acceptors (Lipinski definition) is 3. The van der Waals surface area contributed by atoms with E-state index in [2.05, 4.69) is 11.7 Å². The second kappa shape index (κ2) is 8.25. The fraction of sp³-hybridized carbons (Fsp3) is 0.304. The summed E-state index contributed by atoms with van der Waals surface area (Å²) in [5.41, 5.74) is -7.03. The van der Waals surface area contributed by atoms with Gasteiger partial charge in [0.15, 0.2) is 5.67 Å². The van der Waals surface area contributed by atoms with E-state index < -0.39 is 52.1 Å². The predicted molar refractivity (Wildman–Crippen MR) is 112 cm³/mol. The van der Waals surface area contributed by atoms with Crippen LogP contribution in [0.2, 0.25) is 5.02 Å². The molecule has 186 valence electrons. The van der Waals surface area contributed by atoms with Gasteiger partial charge in [0.2, 0.25) is 5.91 Å². The molecule has 1 unspecified atom stereocenters. The number of likely N-dealkylation sites (tertiary alicyclic amines) is 1. The SMILES string of the molecule is C=CC(=O)N1CC(F)(c2ccc(C3=NOC(c4cc(Cl)cc(C(F)(F)F)c4)(C(F)(F)F)C3)cc2)C1. The Morgan fingerprint density at radius 3 is 2.23 bits per heavy atom. The van der Waals surface area contributed by atoms with Gasteiger partial charge in [-0.25, -0.2) is 4.39 Å². The molecule has 2 aromatic rings. The largest absolute Gasteiger partial charge is 0.435 e. The van der Waals surface area contributed by atoms with Crippen molar-refractivity contribution in [3.63, 3.8) is 0 Å². The molecule has 1 amide bonds. The van der Waals surface area contributed by atoms with Crippen LogP contribution in [0.15, 0.2) is 60.3 Å². The third-order valence-electron chi connectivity index (χ3n) is 5.98. The second-order valence-corrected chi connectivity index (χ2v) is 8.73. The fourth-order valence-corrected chi connectivity index (χ4v) is 4.27. The summed E-state index contributed by atoms with van der Waals surface area (Å²) in [6.45, 7) is 2.93. The van der Waals surface area contributed by atoms with Crippen LogP contribution in [0, 0.1) is 0 Å². The van der Waals surface area contributed by atoms with Crippen molar-refractivity contribution in [2.75, 3.05) is 13.1 Å². The van der Waals surface area contributed by atoms with Gasteiger partial charge in [0.05, 0.1) is 24.4 Å². The van der Waals surface area contributed by atoms with Gasteiger partial charge in [0.25, 0.3) is 5.60 Å². The Hall–Kier alpha value is -3.08. The average molecular weight is 521 g/mol. The van der Waals surface area contributed by atoms with Crippen molar-refractivity contribution in [1.29, 1.82) is 0 Å². The first-order valence-electron chi connectivity index (χ1n) is 10.1. The predicted octanol–water partition coefficient (Wildman–Crippen LogP) is 6.13. The fourth-order valence-electron chi connectivity index (χ4n) is 4.03. The van der Waals surface area contributed by atoms with E-state index in [1.165, 1.54) is 29.2 Å². The highest BCUT2D eigenvalue weighted by atomic mass is 35.5. The number of oxime groups is 1. The first kappa shape index (κ1) is 25.0. The van der Waals surface area contributed by atoms with Crippen molar-refractivity contribution in [1.82, 2.24) is 4.90 Å². The van der Waals surface area contributed by atoms with Gasteiger partial charge in [0.1, 0.15) is 0 Å². The molecule has 2 aliphatic rings. The van der Waals surface area contributed by atoms with Crippen molar-refractivity contribution in [2.45, 2.75) is 30.0 Å². The molecule has 1 fully saturated rings. The number of amides is 1. The Kier molecular flexibility index (Phi) is 5.90. The van der Waals surface area contributed by atoms with Crippen LogP contribution in [-0.4, -0.2) is 35.8 Å². The van der Waals surface area contributed by atoms with E-state index in [9.17, 15) is 31.1 Å². The lowest BCUT2D eigenvalue weighted by atomic mass is 9.84. The maximum absolute atomic E-state index is 15.0. The van der Waals surface area contributed by atoms with Crippen LogP contribution in [0.25, 0.3) is 0 Å². The zero-order valence-corrected chi connectivity index (χ0v) is 18.4. The molecular formula is C23H16ClF7N2O2. The molecule has 0 aromatic heterocycles. The van der Waals surface area contributed by atoms with E-state index in [1.807, 2.05) is 0 Å². The quantitative estimate of drug-likeness (QED) is 0.359. The third kappa shape index (κ3) is 4.37. The van der Waals surface area contributed by atoms with Gasteiger partial charge >= 0.3 is 12.4 Å². The molecule has 0 saturated carbocycles. The highest BCUT2D eigenvalue weighted by molar-refractivity contribution is 6.30. The Balaban J connectivity index is 1.60. The molecule has 1 saturated heterocycles. The topological polar surface area (TPSA) is 41.9 Å². The van der Waals surface area contributed by atoms with Crippen molar-refractivity contribution in [2.24, 2.45) is 5.16 Å². The van der Waals surface area contributed by atoms with E-state index >= 15 is 4.39 Å². The van der Waals surface area contributed by atoms with E-state index in [0.717, 1.165) is 12.1 Å². The molecule has 2 aromatic carbocycles. The van der Waals surface area contributed by atoms with Crippen LogP contribution in [0.3, 0.4) is 0 Å². The average Bonchev–Trinajstić information content (AvgIpc) is 3.22. The van der Waals surface area contributed by atoms with E-state index in [-0.39, 0.29) is 29.9 Å². The number of benzene rings is 2. The van der Waals surface area contributed by atoms with Crippen molar-refractivity contribution in [3.8, 4) is 0 Å². The molecule has 2 aliphatic heterocycles. The number of nitrogens with zero attached hydrogens (tertiary/aromatic N) is 2. The molecule has 0 N–H and O–H groups in total. The molecule has 0 spiro atoms. The van der Waals surface area contributed by atoms with Gasteiger partial charge in [-0.1, -0.05) is 47.6 Å². The smallest absolute Gasteiger partial charge is 0.374 e. The van der Waals surface area contributed by atoms with E-state index in [1.54, 1.807) is 0 Å². The van der Waals surface area contributed by atoms with Gasteiger partial charge < -0.3 is 9.74 Å². The van der Waals surface area contributed by atoms with Crippen LogP contribution in [-0.2, 0) is 27.1 Å². The number of carbonyl (C=O) groups excluding carboxylic acids is 1. The summed E-state index contributed by atoms with van der Waals surface area (Å²) in [6.07, 6.45) is -9.93. The lowest BCUT2D eigenvalue weighted by molar-refractivity contribution is -0.276. The summed E-state index contributed by atoms with van der Waals surface area (Å²) in [5.74, 6) is -0.425. The molecule has 0 aliphatic carbocycles. The van der Waals surface area contributed by atoms with Crippen molar-refractivity contribution >= 4 is 23.2 Å². The zero-order valence-electron chi connectivity index (χ0n) is 17.7. The standard InChI is InChI=1S/C23H16ClF7N2O2/c1-2-19(34)33-11-20(25,12-33)14-5-3-13(4-6-14)18-10-21(35-32-18,23(29,30)31)15-7-16(22(26,27)28)9-17(24)8-15/h2-9H,1,10-12H2. The zero-order chi connectivity index (χ0) is 25.8. The molecule has 35 heavy (non-hydrogen) atoms. The summed E-state index contributed by atoms with van der Waals surface area (Å²) in [4.78, 5) is 17.6. The van der Waals surface area contributed by atoms with Crippen LogP contribution in [0.5, 0.6) is 0 Å². The molecule has 1 atom stereocenters. The first-order valence-corrected chi connectivity index (χ1v) is 10.5. The maximum Gasteiger partial charge on any atom is 0.435 e. The summed E-state index contributed by atoms with van der Waals surface area (Å²) >= 11 is 5.69. The number of carbonyl (C=O) groups is 1. The molecule has 4 rings (SSSR count). The van der Waals surface area contributed by atoms with Crippen molar-refractivity contribution in [3.05, 3.63) is 82.4 Å². The van der Waals surface area contributed by atoms with Gasteiger partial charge in [-0.15, -0.1) is 0 Å². The Morgan fingerprint density at radius 1 is 1.06 bits per heavy atom. The monoisotopic (exact) mass is 520 g/mol. The van der Waals surface area contributed by atoms with Crippen LogP contribution >= 0.6 is 11.6 Å².